The first-order valence-corrected chi connectivity index (χ1v) is 9.32. The van der Waals surface area contributed by atoms with Crippen LogP contribution in [0, 0.1) is 0 Å². The van der Waals surface area contributed by atoms with E-state index >= 15 is 0 Å². The molecule has 1 fully saturated rings. The third kappa shape index (κ3) is 4.05. The highest BCUT2D eigenvalue weighted by Crippen LogP contribution is 2.35. The molecule has 0 unspecified atom stereocenters. The maximum absolute atomic E-state index is 9.41. The summed E-state index contributed by atoms with van der Waals surface area (Å²) in [7, 11) is 0. The molecule has 0 atom stereocenters. The zero-order chi connectivity index (χ0) is 17.8. The lowest BCUT2D eigenvalue weighted by Gasteiger charge is -2.32. The van der Waals surface area contributed by atoms with Crippen LogP contribution in [0.15, 0.2) is 42.5 Å². The van der Waals surface area contributed by atoms with E-state index < -0.39 is 0 Å². The van der Waals surface area contributed by atoms with E-state index in [0.29, 0.717) is 25.1 Å². The van der Waals surface area contributed by atoms with Crippen LogP contribution in [0.3, 0.4) is 0 Å². The van der Waals surface area contributed by atoms with E-state index in [-0.39, 0.29) is 0 Å². The fourth-order valence-corrected chi connectivity index (χ4v) is 3.68. The Hall–Kier alpha value is -2.40. The van der Waals surface area contributed by atoms with Gasteiger partial charge in [0.1, 0.15) is 11.5 Å². The largest absolute Gasteiger partial charge is 0.508 e. The van der Waals surface area contributed by atoms with Crippen molar-refractivity contribution in [3.8, 4) is 23.0 Å². The Bertz CT molecular complexity index is 723. The van der Waals surface area contributed by atoms with Crippen molar-refractivity contribution in [2.75, 3.05) is 33.0 Å². The number of hydrogen-bond acceptors (Lipinski definition) is 5. The molecule has 2 heterocycles. The average Bonchev–Trinajstić information content (AvgIpc) is 3.14. The molecule has 26 heavy (non-hydrogen) atoms. The summed E-state index contributed by atoms with van der Waals surface area (Å²) < 4.78 is 16.5. The van der Waals surface area contributed by atoms with Gasteiger partial charge < -0.3 is 24.2 Å². The molecule has 0 bridgehead atoms. The first kappa shape index (κ1) is 17.0. The van der Waals surface area contributed by atoms with Gasteiger partial charge in [-0.25, -0.2) is 0 Å². The molecule has 0 radical (unpaired) electrons. The van der Waals surface area contributed by atoms with Crippen LogP contribution in [0.2, 0.25) is 0 Å². The molecule has 0 amide bonds. The van der Waals surface area contributed by atoms with Gasteiger partial charge in [-0.05, 0) is 68.1 Å². The van der Waals surface area contributed by atoms with E-state index in [4.69, 9.17) is 14.2 Å². The van der Waals surface area contributed by atoms with Crippen molar-refractivity contribution < 1.29 is 19.3 Å². The summed E-state index contributed by atoms with van der Waals surface area (Å²) in [6.45, 7) is 4.30. The second kappa shape index (κ2) is 7.87. The van der Waals surface area contributed by atoms with Gasteiger partial charge >= 0.3 is 0 Å². The molecule has 1 saturated heterocycles. The van der Waals surface area contributed by atoms with Crippen molar-refractivity contribution in [3.05, 3.63) is 48.0 Å². The van der Waals surface area contributed by atoms with Gasteiger partial charge in [-0.15, -0.1) is 0 Å². The van der Waals surface area contributed by atoms with Gasteiger partial charge in [0.25, 0.3) is 0 Å². The fraction of sp³-hybridized carbons (Fsp3) is 0.429. The molecule has 2 aromatic rings. The minimum Gasteiger partial charge on any atom is -0.508 e. The van der Waals surface area contributed by atoms with Gasteiger partial charge in [-0.3, -0.25) is 0 Å². The Morgan fingerprint density at radius 2 is 1.77 bits per heavy atom. The number of phenolic OH excluding ortho intramolecular Hbond substituents is 1. The Morgan fingerprint density at radius 1 is 1.00 bits per heavy atom. The zero-order valence-electron chi connectivity index (χ0n) is 14.9. The SMILES string of the molecule is Oc1ccc(C2CCN(CCCOc3ccc4c(c3)OCO4)CC2)cc1. The van der Waals surface area contributed by atoms with Gasteiger partial charge in [0.05, 0.1) is 6.61 Å². The number of hydrogen-bond donors (Lipinski definition) is 1. The van der Waals surface area contributed by atoms with Crippen molar-refractivity contribution in [1.29, 1.82) is 0 Å². The average molecular weight is 355 g/mol. The number of ether oxygens (including phenoxy) is 3. The summed E-state index contributed by atoms with van der Waals surface area (Å²) in [6, 6.07) is 13.4. The quantitative estimate of drug-likeness (QED) is 0.800. The number of nitrogens with zero attached hydrogens (tertiary/aromatic N) is 1. The standard InChI is InChI=1S/C21H25NO4/c23-18-4-2-16(3-5-18)17-8-11-22(12-9-17)10-1-13-24-19-6-7-20-21(14-19)26-15-25-20/h2-7,14,17,23H,1,8-13,15H2. The number of likely N-dealkylation sites (tertiary alicyclic amines) is 1. The van der Waals surface area contributed by atoms with Crippen LogP contribution in [0.25, 0.3) is 0 Å². The first-order valence-electron chi connectivity index (χ1n) is 9.32. The summed E-state index contributed by atoms with van der Waals surface area (Å²) in [5.74, 6) is 3.33. The second-order valence-corrected chi connectivity index (χ2v) is 6.92. The van der Waals surface area contributed by atoms with Crippen LogP contribution in [0.4, 0.5) is 0 Å². The van der Waals surface area contributed by atoms with Crippen molar-refractivity contribution in [3.63, 3.8) is 0 Å². The normalized spacial score (nSPS) is 17.4. The first-order chi connectivity index (χ1) is 12.8. The van der Waals surface area contributed by atoms with E-state index in [1.165, 1.54) is 18.4 Å². The monoisotopic (exact) mass is 355 g/mol. The predicted molar refractivity (Wildman–Crippen MR) is 99.2 cm³/mol. The molecule has 0 aromatic heterocycles. The van der Waals surface area contributed by atoms with Crippen LogP contribution >= 0.6 is 0 Å². The van der Waals surface area contributed by atoms with Gasteiger partial charge in [0, 0.05) is 12.6 Å². The smallest absolute Gasteiger partial charge is 0.231 e. The molecule has 0 spiro atoms. The van der Waals surface area contributed by atoms with E-state index in [2.05, 4.69) is 17.0 Å². The van der Waals surface area contributed by atoms with E-state index in [1.807, 2.05) is 18.2 Å². The number of fused-ring (bicyclic) bond motifs is 1. The fourth-order valence-electron chi connectivity index (χ4n) is 3.68. The highest BCUT2D eigenvalue weighted by Gasteiger charge is 2.20. The number of phenols is 1. The Kier molecular flexibility index (Phi) is 5.16. The highest BCUT2D eigenvalue weighted by molar-refractivity contribution is 5.46. The summed E-state index contributed by atoms with van der Waals surface area (Å²) >= 11 is 0. The number of piperidine rings is 1. The van der Waals surface area contributed by atoms with Crippen molar-refractivity contribution in [2.45, 2.75) is 25.2 Å². The molecule has 0 aliphatic carbocycles. The topological polar surface area (TPSA) is 51.2 Å². The van der Waals surface area contributed by atoms with Crippen LogP contribution in [-0.2, 0) is 0 Å². The molecule has 2 aromatic carbocycles. The molecule has 0 saturated carbocycles. The lowest BCUT2D eigenvalue weighted by Crippen LogP contribution is -2.34. The molecule has 5 nitrogen and oxygen atoms in total. The summed E-state index contributed by atoms with van der Waals surface area (Å²) in [5.41, 5.74) is 1.34. The van der Waals surface area contributed by atoms with Crippen LogP contribution < -0.4 is 14.2 Å². The van der Waals surface area contributed by atoms with Crippen molar-refractivity contribution in [1.82, 2.24) is 4.90 Å². The summed E-state index contributed by atoms with van der Waals surface area (Å²) in [5, 5.41) is 9.41. The second-order valence-electron chi connectivity index (χ2n) is 6.92. The minimum atomic E-state index is 0.291. The number of rotatable bonds is 6. The molecule has 5 heteroatoms. The van der Waals surface area contributed by atoms with Gasteiger partial charge in [0.2, 0.25) is 6.79 Å². The minimum absolute atomic E-state index is 0.291. The number of benzene rings is 2. The Balaban J connectivity index is 1.17. The van der Waals surface area contributed by atoms with Crippen LogP contribution in [0.1, 0.15) is 30.7 Å². The van der Waals surface area contributed by atoms with Gasteiger partial charge in [-0.1, -0.05) is 12.1 Å². The molecule has 138 valence electrons. The molecular formula is C21H25NO4. The molecule has 2 aliphatic heterocycles. The molecule has 2 aliphatic rings. The Morgan fingerprint density at radius 3 is 2.58 bits per heavy atom. The number of aromatic hydroxyl groups is 1. The van der Waals surface area contributed by atoms with Crippen LogP contribution in [-0.4, -0.2) is 43.0 Å². The predicted octanol–water partition coefficient (Wildman–Crippen LogP) is 3.77. The van der Waals surface area contributed by atoms with E-state index in [0.717, 1.165) is 43.3 Å². The maximum atomic E-state index is 9.41. The van der Waals surface area contributed by atoms with Crippen molar-refractivity contribution >= 4 is 0 Å². The summed E-state index contributed by atoms with van der Waals surface area (Å²) in [4.78, 5) is 2.51. The lowest BCUT2D eigenvalue weighted by atomic mass is 9.89. The highest BCUT2D eigenvalue weighted by atomic mass is 16.7. The van der Waals surface area contributed by atoms with E-state index in [9.17, 15) is 5.11 Å². The zero-order valence-corrected chi connectivity index (χ0v) is 14.9. The third-order valence-corrected chi connectivity index (χ3v) is 5.18. The molecule has 1 N–H and O–H groups in total. The van der Waals surface area contributed by atoms with Gasteiger partial charge in [0.15, 0.2) is 11.5 Å². The third-order valence-electron chi connectivity index (χ3n) is 5.18. The maximum Gasteiger partial charge on any atom is 0.231 e. The van der Waals surface area contributed by atoms with Gasteiger partial charge in [-0.2, -0.15) is 0 Å². The van der Waals surface area contributed by atoms with Crippen LogP contribution in [0.5, 0.6) is 23.0 Å². The Labute approximate surface area is 154 Å². The van der Waals surface area contributed by atoms with Crippen molar-refractivity contribution in [2.24, 2.45) is 0 Å². The molecular weight excluding hydrogens is 330 g/mol. The lowest BCUT2D eigenvalue weighted by molar-refractivity contribution is 0.173. The van der Waals surface area contributed by atoms with E-state index in [1.54, 1.807) is 12.1 Å². The molecule has 4 rings (SSSR count). The summed E-state index contributed by atoms with van der Waals surface area (Å²) in [6.07, 6.45) is 3.36.